The summed E-state index contributed by atoms with van der Waals surface area (Å²) in [5.74, 6) is 0. The molecule has 3 rings (SSSR count). The van der Waals surface area contributed by atoms with Gasteiger partial charge >= 0.3 is 0 Å². The van der Waals surface area contributed by atoms with Gasteiger partial charge in [0.1, 0.15) is 5.52 Å². The van der Waals surface area contributed by atoms with Crippen LogP contribution in [0, 0.1) is 0 Å². The number of hydrogen-bond donors (Lipinski definition) is 1. The van der Waals surface area contributed by atoms with Crippen LogP contribution in [0.2, 0.25) is 0 Å². The molecule has 116 valence electrons. The summed E-state index contributed by atoms with van der Waals surface area (Å²) in [6.07, 6.45) is 7.02. The van der Waals surface area contributed by atoms with E-state index in [1.54, 1.807) is 4.68 Å². The summed E-state index contributed by atoms with van der Waals surface area (Å²) in [6.45, 7) is 6.64. The predicted octanol–water partition coefficient (Wildman–Crippen LogP) is 2.13. The van der Waals surface area contributed by atoms with Gasteiger partial charge in [-0.05, 0) is 25.0 Å². The van der Waals surface area contributed by atoms with E-state index in [1.807, 2.05) is 31.5 Å². The Balaban J connectivity index is 1.83. The van der Waals surface area contributed by atoms with Crippen LogP contribution in [0.1, 0.15) is 23.2 Å². The number of hydrogen-bond acceptors (Lipinski definition) is 4. The fraction of sp³-hybridized carbons (Fsp3) is 0.412. The normalized spacial score (nSPS) is 16.1. The second-order valence-corrected chi connectivity index (χ2v) is 5.82. The van der Waals surface area contributed by atoms with E-state index in [9.17, 15) is 4.79 Å². The number of carbonyl (C=O) groups excluding carboxylic acids is 1. The molecule has 0 aliphatic carbocycles. The smallest absolute Gasteiger partial charge is 0.152 e. The lowest BCUT2D eigenvalue weighted by Gasteiger charge is -2.34. The Kier molecular flexibility index (Phi) is 4.24. The SMILES string of the molecule is C=CCNC1CCN(c2ccc(C=O)c3nn(C)cc23)CC1. The van der Waals surface area contributed by atoms with E-state index >= 15 is 0 Å². The summed E-state index contributed by atoms with van der Waals surface area (Å²) < 4.78 is 1.78. The fourth-order valence-electron chi connectivity index (χ4n) is 3.17. The Bertz CT molecular complexity index is 683. The molecule has 0 bridgehead atoms. The van der Waals surface area contributed by atoms with E-state index < -0.39 is 0 Å². The van der Waals surface area contributed by atoms with Gasteiger partial charge in [-0.1, -0.05) is 6.08 Å². The molecule has 1 aromatic carbocycles. The highest BCUT2D eigenvalue weighted by atomic mass is 16.1. The summed E-state index contributed by atoms with van der Waals surface area (Å²) in [4.78, 5) is 13.6. The van der Waals surface area contributed by atoms with Crippen molar-refractivity contribution >= 4 is 22.9 Å². The third-order valence-corrected chi connectivity index (χ3v) is 4.31. The van der Waals surface area contributed by atoms with Crippen molar-refractivity contribution in [3.63, 3.8) is 0 Å². The monoisotopic (exact) mass is 298 g/mol. The molecule has 0 unspecified atom stereocenters. The maximum absolute atomic E-state index is 11.2. The van der Waals surface area contributed by atoms with E-state index in [1.165, 1.54) is 5.69 Å². The molecule has 0 atom stereocenters. The molecule has 1 aliphatic heterocycles. The van der Waals surface area contributed by atoms with Crippen molar-refractivity contribution in [1.82, 2.24) is 15.1 Å². The molecule has 0 radical (unpaired) electrons. The van der Waals surface area contributed by atoms with Gasteiger partial charge in [0.15, 0.2) is 6.29 Å². The Morgan fingerprint density at radius 1 is 1.41 bits per heavy atom. The number of aromatic nitrogens is 2. The molecular formula is C17H22N4O. The Morgan fingerprint density at radius 3 is 2.86 bits per heavy atom. The van der Waals surface area contributed by atoms with Crippen LogP contribution in [0.4, 0.5) is 5.69 Å². The van der Waals surface area contributed by atoms with Crippen molar-refractivity contribution in [1.29, 1.82) is 0 Å². The van der Waals surface area contributed by atoms with E-state index in [0.29, 0.717) is 11.6 Å². The van der Waals surface area contributed by atoms with Gasteiger partial charge in [0.05, 0.1) is 0 Å². The minimum Gasteiger partial charge on any atom is -0.371 e. The molecule has 0 amide bonds. The molecule has 1 aromatic heterocycles. The van der Waals surface area contributed by atoms with E-state index in [2.05, 4.69) is 21.9 Å². The molecule has 2 heterocycles. The number of nitrogens with one attached hydrogen (secondary N) is 1. The highest BCUT2D eigenvalue weighted by Gasteiger charge is 2.21. The van der Waals surface area contributed by atoms with Gasteiger partial charge in [0.25, 0.3) is 0 Å². The lowest BCUT2D eigenvalue weighted by molar-refractivity contribution is 0.112. The third-order valence-electron chi connectivity index (χ3n) is 4.31. The van der Waals surface area contributed by atoms with Crippen molar-refractivity contribution in [3.8, 4) is 0 Å². The van der Waals surface area contributed by atoms with E-state index in [0.717, 1.165) is 49.7 Å². The van der Waals surface area contributed by atoms with Gasteiger partial charge in [-0.15, -0.1) is 6.58 Å². The number of aldehydes is 1. The topological polar surface area (TPSA) is 50.2 Å². The van der Waals surface area contributed by atoms with Gasteiger partial charge in [-0.3, -0.25) is 9.48 Å². The van der Waals surface area contributed by atoms with Crippen molar-refractivity contribution in [2.75, 3.05) is 24.5 Å². The number of anilines is 1. The number of nitrogens with zero attached hydrogens (tertiary/aromatic N) is 3. The Hall–Kier alpha value is -2.14. The molecule has 2 aromatic rings. The van der Waals surface area contributed by atoms with E-state index in [4.69, 9.17) is 0 Å². The van der Waals surface area contributed by atoms with Crippen molar-refractivity contribution in [2.24, 2.45) is 7.05 Å². The van der Waals surface area contributed by atoms with Crippen molar-refractivity contribution < 1.29 is 4.79 Å². The Labute approximate surface area is 130 Å². The highest BCUT2D eigenvalue weighted by Crippen LogP contribution is 2.30. The standard InChI is InChI=1S/C17H22N4O/c1-3-8-18-14-6-9-21(10-7-14)16-5-4-13(12-22)17-15(16)11-20(2)19-17/h3-5,11-12,14,18H,1,6-10H2,2H3. The highest BCUT2D eigenvalue weighted by molar-refractivity contribution is 6.01. The van der Waals surface area contributed by atoms with Crippen LogP contribution in [0.15, 0.2) is 31.0 Å². The Morgan fingerprint density at radius 2 is 2.18 bits per heavy atom. The zero-order valence-corrected chi connectivity index (χ0v) is 13.0. The minimum absolute atomic E-state index is 0.563. The zero-order chi connectivity index (χ0) is 15.5. The summed E-state index contributed by atoms with van der Waals surface area (Å²) in [5, 5.41) is 8.99. The predicted molar refractivity (Wildman–Crippen MR) is 89.5 cm³/mol. The fourth-order valence-corrected chi connectivity index (χ4v) is 3.17. The van der Waals surface area contributed by atoms with Gasteiger partial charge in [-0.25, -0.2) is 0 Å². The second-order valence-electron chi connectivity index (χ2n) is 5.82. The number of rotatable bonds is 5. The molecule has 1 N–H and O–H groups in total. The quantitative estimate of drug-likeness (QED) is 0.678. The second kappa shape index (κ2) is 6.32. The van der Waals surface area contributed by atoms with Crippen molar-refractivity contribution in [3.05, 3.63) is 36.5 Å². The minimum atomic E-state index is 0.563. The lowest BCUT2D eigenvalue weighted by Crippen LogP contribution is -2.42. The van der Waals surface area contributed by atoms with Gasteiger partial charge < -0.3 is 10.2 Å². The molecule has 1 fully saturated rings. The van der Waals surface area contributed by atoms with E-state index in [-0.39, 0.29) is 0 Å². The van der Waals surface area contributed by atoms with Crippen LogP contribution in [-0.2, 0) is 7.05 Å². The summed E-state index contributed by atoms with van der Waals surface area (Å²) in [7, 11) is 1.89. The number of piperidine rings is 1. The lowest BCUT2D eigenvalue weighted by atomic mass is 10.0. The summed E-state index contributed by atoms with van der Waals surface area (Å²) >= 11 is 0. The largest absolute Gasteiger partial charge is 0.371 e. The van der Waals surface area contributed by atoms with Crippen LogP contribution in [0.25, 0.3) is 10.9 Å². The molecular weight excluding hydrogens is 276 g/mol. The molecule has 1 saturated heterocycles. The van der Waals surface area contributed by atoms with Crippen LogP contribution < -0.4 is 10.2 Å². The zero-order valence-electron chi connectivity index (χ0n) is 13.0. The maximum atomic E-state index is 11.2. The molecule has 5 nitrogen and oxygen atoms in total. The van der Waals surface area contributed by atoms with Gasteiger partial charge in [0, 0.05) is 55.6 Å². The first-order chi connectivity index (χ1) is 10.7. The molecule has 5 heteroatoms. The van der Waals surface area contributed by atoms with Crippen molar-refractivity contribution in [2.45, 2.75) is 18.9 Å². The average Bonchev–Trinajstić information content (AvgIpc) is 2.94. The van der Waals surface area contributed by atoms with Gasteiger partial charge in [-0.2, -0.15) is 5.10 Å². The maximum Gasteiger partial charge on any atom is 0.152 e. The van der Waals surface area contributed by atoms with Crippen LogP contribution >= 0.6 is 0 Å². The summed E-state index contributed by atoms with van der Waals surface area (Å²) in [5.41, 5.74) is 2.62. The first kappa shape index (κ1) is 14.8. The van der Waals surface area contributed by atoms with Crippen LogP contribution in [-0.4, -0.2) is 41.7 Å². The number of aryl methyl sites for hydroxylation is 1. The molecule has 1 aliphatic rings. The molecule has 0 spiro atoms. The first-order valence-electron chi connectivity index (χ1n) is 7.73. The molecule has 22 heavy (non-hydrogen) atoms. The molecule has 0 saturated carbocycles. The number of carbonyl (C=O) groups is 1. The third kappa shape index (κ3) is 2.76. The summed E-state index contributed by atoms with van der Waals surface area (Å²) in [6, 6.07) is 4.48. The van der Waals surface area contributed by atoms with Gasteiger partial charge in [0.2, 0.25) is 0 Å². The first-order valence-corrected chi connectivity index (χ1v) is 7.73. The number of benzene rings is 1. The average molecular weight is 298 g/mol. The van der Waals surface area contributed by atoms with Crippen LogP contribution in [0.3, 0.4) is 0 Å². The number of fused-ring (bicyclic) bond motifs is 1. The van der Waals surface area contributed by atoms with Crippen LogP contribution in [0.5, 0.6) is 0 Å².